The number of ether oxygens (including phenoxy) is 1. The average molecular weight is 518 g/mol. The van der Waals surface area contributed by atoms with Gasteiger partial charge < -0.3 is 0 Å². The van der Waals surface area contributed by atoms with Gasteiger partial charge in [0.05, 0.1) is 0 Å². The van der Waals surface area contributed by atoms with Crippen LogP contribution in [0.3, 0.4) is 0 Å². The molecular formula is C28H25BrNO2P. The molecule has 4 aromatic carbocycles. The molecule has 3 nitrogen and oxygen atoms in total. The SMILES string of the molecule is CCNc1ccc2c(c1)C(=O)OC2P(Br)(c1ccccc1)(c1ccccc1)c1ccccc1. The first-order chi connectivity index (χ1) is 16.1. The first kappa shape index (κ1) is 21.9. The van der Waals surface area contributed by atoms with Gasteiger partial charge in [0.15, 0.2) is 0 Å². The Morgan fingerprint density at radius 2 is 1.27 bits per heavy atom. The van der Waals surface area contributed by atoms with Crippen molar-refractivity contribution >= 4 is 48.4 Å². The Labute approximate surface area is 202 Å². The van der Waals surface area contributed by atoms with Gasteiger partial charge in [0, 0.05) is 0 Å². The molecular weight excluding hydrogens is 493 g/mol. The minimum absolute atomic E-state index is 0.286. The zero-order chi connectivity index (χ0) is 22.9. The normalized spacial score (nSPS) is 16.4. The van der Waals surface area contributed by atoms with Crippen molar-refractivity contribution in [2.45, 2.75) is 12.8 Å². The molecule has 4 aromatic rings. The molecule has 0 spiro atoms. The molecule has 0 saturated heterocycles. The summed E-state index contributed by atoms with van der Waals surface area (Å²) >= 11 is 4.43. The van der Waals surface area contributed by atoms with Crippen LogP contribution in [-0.2, 0) is 4.74 Å². The standard InChI is InChI=1S/C28H25BrNO2P/c1-2-30-21-18-19-25-26(20-21)27(31)32-28(25)33(29,22-12-6-3-7-13-22,23-14-8-4-9-15-23)24-16-10-5-11-17-24/h3-20,28,30H,2H2,1H3. The number of rotatable bonds is 6. The fourth-order valence-corrected chi connectivity index (χ4v) is 12.9. The molecule has 5 heteroatoms. The van der Waals surface area contributed by atoms with Crippen LogP contribution in [0.1, 0.15) is 28.7 Å². The van der Waals surface area contributed by atoms with Gasteiger partial charge in [-0.3, -0.25) is 0 Å². The van der Waals surface area contributed by atoms with Gasteiger partial charge >= 0.3 is 203 Å². The van der Waals surface area contributed by atoms with Crippen LogP contribution in [0.2, 0.25) is 0 Å². The van der Waals surface area contributed by atoms with Gasteiger partial charge in [-0.1, -0.05) is 0 Å². The fraction of sp³-hybridized carbons (Fsp3) is 0.107. The molecule has 166 valence electrons. The van der Waals surface area contributed by atoms with Crippen molar-refractivity contribution in [3.8, 4) is 0 Å². The van der Waals surface area contributed by atoms with Crippen LogP contribution in [0.4, 0.5) is 5.69 Å². The number of fused-ring (bicyclic) bond motifs is 1. The van der Waals surface area contributed by atoms with E-state index in [0.29, 0.717) is 5.56 Å². The first-order valence-corrected chi connectivity index (χ1v) is 15.4. The number of benzene rings is 4. The number of carbonyl (C=O) groups is 1. The molecule has 1 atom stereocenters. The minimum atomic E-state index is -3.50. The zero-order valence-electron chi connectivity index (χ0n) is 18.3. The number of halogens is 1. The Hall–Kier alpha value is -2.94. The van der Waals surface area contributed by atoms with Crippen LogP contribution in [-0.4, -0.2) is 12.5 Å². The average Bonchev–Trinajstić information content (AvgIpc) is 3.22. The second-order valence-electron chi connectivity index (χ2n) is 8.17. The molecule has 1 heterocycles. The van der Waals surface area contributed by atoms with Crippen molar-refractivity contribution < 1.29 is 9.53 Å². The molecule has 1 unspecified atom stereocenters. The number of nitrogens with one attached hydrogen (secondary N) is 1. The molecule has 0 bridgehead atoms. The van der Waals surface area contributed by atoms with Gasteiger partial charge in [-0.15, -0.1) is 0 Å². The van der Waals surface area contributed by atoms with Gasteiger partial charge in [0.1, 0.15) is 0 Å². The van der Waals surface area contributed by atoms with Gasteiger partial charge in [0.25, 0.3) is 0 Å². The number of esters is 1. The van der Waals surface area contributed by atoms with Crippen LogP contribution in [0, 0.1) is 0 Å². The van der Waals surface area contributed by atoms with Gasteiger partial charge in [-0.2, -0.15) is 0 Å². The van der Waals surface area contributed by atoms with E-state index in [9.17, 15) is 4.79 Å². The summed E-state index contributed by atoms with van der Waals surface area (Å²) in [7, 11) is 0. The van der Waals surface area contributed by atoms with E-state index in [4.69, 9.17) is 4.74 Å². The Kier molecular flexibility index (Phi) is 5.60. The van der Waals surface area contributed by atoms with Gasteiger partial charge in [0.2, 0.25) is 0 Å². The second kappa shape index (κ2) is 8.44. The summed E-state index contributed by atoms with van der Waals surface area (Å²) < 4.78 is 6.34. The molecule has 0 aromatic heterocycles. The van der Waals surface area contributed by atoms with Crippen molar-refractivity contribution in [1.29, 1.82) is 0 Å². The van der Waals surface area contributed by atoms with Crippen LogP contribution in [0.15, 0.2) is 109 Å². The molecule has 5 rings (SSSR count). The summed E-state index contributed by atoms with van der Waals surface area (Å²) in [5.41, 5.74) is 2.45. The monoisotopic (exact) mass is 517 g/mol. The van der Waals surface area contributed by atoms with E-state index in [1.807, 2.05) is 43.3 Å². The van der Waals surface area contributed by atoms with Crippen LogP contribution < -0.4 is 21.2 Å². The van der Waals surface area contributed by atoms with E-state index >= 15 is 0 Å². The van der Waals surface area contributed by atoms with E-state index in [1.54, 1.807) is 0 Å². The Bertz CT molecular complexity index is 1200. The molecule has 0 fully saturated rings. The number of carbonyl (C=O) groups excluding carboxylic acids is 1. The number of anilines is 1. The maximum atomic E-state index is 13.3. The summed E-state index contributed by atoms with van der Waals surface area (Å²) in [5.74, 6) is -0.785. The third-order valence-corrected chi connectivity index (χ3v) is 16.4. The van der Waals surface area contributed by atoms with E-state index in [-0.39, 0.29) is 5.97 Å². The number of hydrogen-bond acceptors (Lipinski definition) is 3. The van der Waals surface area contributed by atoms with Crippen LogP contribution in [0.25, 0.3) is 0 Å². The second-order valence-corrected chi connectivity index (χ2v) is 16.8. The van der Waals surface area contributed by atoms with Crippen LogP contribution >= 0.6 is 20.8 Å². The molecule has 1 N–H and O–H groups in total. The first-order valence-electron chi connectivity index (χ1n) is 11.1. The van der Waals surface area contributed by atoms with Crippen molar-refractivity contribution in [2.24, 2.45) is 0 Å². The molecule has 1 aliphatic rings. The molecule has 0 saturated carbocycles. The predicted molar refractivity (Wildman–Crippen MR) is 143 cm³/mol. The van der Waals surface area contributed by atoms with Crippen molar-refractivity contribution in [3.63, 3.8) is 0 Å². The third kappa shape index (κ3) is 3.24. The van der Waals surface area contributed by atoms with E-state index in [0.717, 1.165) is 33.7 Å². The van der Waals surface area contributed by atoms with Crippen LogP contribution in [0.5, 0.6) is 0 Å². The van der Waals surface area contributed by atoms with Gasteiger partial charge in [-0.25, -0.2) is 0 Å². The fourth-order valence-electron chi connectivity index (χ4n) is 4.86. The Morgan fingerprint density at radius 1 is 0.788 bits per heavy atom. The summed E-state index contributed by atoms with van der Waals surface area (Å²) in [4.78, 5) is 13.3. The predicted octanol–water partition coefficient (Wildman–Crippen LogP) is 6.13. The Balaban J connectivity index is 1.89. The maximum absolute atomic E-state index is 13.3. The van der Waals surface area contributed by atoms with Crippen molar-refractivity contribution in [1.82, 2.24) is 0 Å². The third-order valence-electron chi connectivity index (χ3n) is 6.36. The van der Waals surface area contributed by atoms with Gasteiger partial charge in [-0.05, 0) is 0 Å². The van der Waals surface area contributed by atoms with E-state index in [2.05, 4.69) is 93.6 Å². The molecule has 0 amide bonds. The summed E-state index contributed by atoms with van der Waals surface area (Å²) in [5, 5.41) is 3.15. The molecule has 33 heavy (non-hydrogen) atoms. The van der Waals surface area contributed by atoms with Crippen molar-refractivity contribution in [3.05, 3.63) is 120 Å². The van der Waals surface area contributed by atoms with E-state index in [1.165, 1.54) is 0 Å². The summed E-state index contributed by atoms with van der Waals surface area (Å²) in [6.07, 6.45) is 0. The van der Waals surface area contributed by atoms with E-state index < -0.39 is 11.2 Å². The number of cyclic esters (lactones) is 1. The topological polar surface area (TPSA) is 38.3 Å². The zero-order valence-corrected chi connectivity index (χ0v) is 20.8. The Morgan fingerprint density at radius 3 is 1.73 bits per heavy atom. The molecule has 0 radical (unpaired) electrons. The summed E-state index contributed by atoms with van der Waals surface area (Å²) in [6.45, 7) is 2.83. The van der Waals surface area contributed by atoms with Crippen molar-refractivity contribution in [2.75, 3.05) is 11.9 Å². The summed E-state index contributed by atoms with van der Waals surface area (Å²) in [6, 6.07) is 37.2. The molecule has 1 aliphatic heterocycles. The number of hydrogen-bond donors (Lipinski definition) is 1. The molecule has 0 aliphatic carbocycles. The quantitative estimate of drug-likeness (QED) is 0.247.